The third-order valence-corrected chi connectivity index (χ3v) is 3.22. The van der Waals surface area contributed by atoms with Crippen LogP contribution in [0.2, 0.25) is 0 Å². The number of carbonyl (C=O) groups is 1. The van der Waals surface area contributed by atoms with E-state index in [0.717, 1.165) is 18.9 Å². The summed E-state index contributed by atoms with van der Waals surface area (Å²) in [4.78, 5) is 18.3. The Kier molecular flexibility index (Phi) is 4.70. The molecule has 6 nitrogen and oxygen atoms in total. The Morgan fingerprint density at radius 3 is 2.68 bits per heavy atom. The molecule has 0 radical (unpaired) electrons. The van der Waals surface area contributed by atoms with E-state index in [1.54, 1.807) is 6.07 Å². The van der Waals surface area contributed by atoms with Crippen molar-refractivity contribution in [2.45, 2.75) is 18.9 Å². The van der Waals surface area contributed by atoms with E-state index in [1.807, 2.05) is 6.07 Å². The van der Waals surface area contributed by atoms with Crippen LogP contribution < -0.4 is 10.2 Å². The molecule has 2 heterocycles. The zero-order valence-corrected chi connectivity index (χ0v) is 10.7. The molecular formula is C13H19N3O3. The molecule has 0 saturated carbocycles. The molecule has 1 amide bonds. The van der Waals surface area contributed by atoms with Crippen LogP contribution in [0.25, 0.3) is 0 Å². The summed E-state index contributed by atoms with van der Waals surface area (Å²) < 4.78 is 0. The predicted octanol–water partition coefficient (Wildman–Crippen LogP) is -0.235. The lowest BCUT2D eigenvalue weighted by Crippen LogP contribution is -2.39. The normalized spacial score (nSPS) is 15.8. The van der Waals surface area contributed by atoms with Gasteiger partial charge >= 0.3 is 0 Å². The second-order valence-electron chi connectivity index (χ2n) is 4.61. The summed E-state index contributed by atoms with van der Waals surface area (Å²) in [6.45, 7) is 1.77. The van der Waals surface area contributed by atoms with Gasteiger partial charge in [0.1, 0.15) is 5.82 Å². The fourth-order valence-electron chi connectivity index (χ4n) is 1.89. The first kappa shape index (κ1) is 13.8. The summed E-state index contributed by atoms with van der Waals surface area (Å²) in [7, 11) is 0. The van der Waals surface area contributed by atoms with Gasteiger partial charge in [-0.05, 0) is 25.0 Å². The molecular weight excluding hydrogens is 246 g/mol. The summed E-state index contributed by atoms with van der Waals surface area (Å²) in [5.74, 6) is 0.604. The topological polar surface area (TPSA) is 85.7 Å². The van der Waals surface area contributed by atoms with Crippen molar-refractivity contribution < 1.29 is 15.0 Å². The summed E-state index contributed by atoms with van der Waals surface area (Å²) in [6, 6.07) is 3.13. The van der Waals surface area contributed by atoms with Gasteiger partial charge in [-0.2, -0.15) is 0 Å². The number of aliphatic hydroxyl groups is 2. The van der Waals surface area contributed by atoms with Crippen molar-refractivity contribution in [1.82, 2.24) is 10.3 Å². The van der Waals surface area contributed by atoms with Gasteiger partial charge in [-0.1, -0.05) is 0 Å². The van der Waals surface area contributed by atoms with Gasteiger partial charge in [0.25, 0.3) is 5.91 Å². The molecule has 1 aliphatic rings. The van der Waals surface area contributed by atoms with Crippen molar-refractivity contribution >= 4 is 11.7 Å². The van der Waals surface area contributed by atoms with Crippen molar-refractivity contribution in [3.05, 3.63) is 23.9 Å². The molecule has 104 valence electrons. The number of carbonyl (C=O) groups excluding carboxylic acids is 1. The number of rotatable bonds is 6. The zero-order valence-electron chi connectivity index (χ0n) is 10.7. The lowest BCUT2D eigenvalue weighted by Gasteiger charge is -2.31. The standard InChI is InChI=1S/C13H19N3O3/c17-7-4-11(9-18)15-13(19)10-2-3-12(14-8-10)16-5-1-6-16/h2-3,8,11,17-18H,1,4-7,9H2,(H,15,19)/t11-/m0/s1. The van der Waals surface area contributed by atoms with E-state index in [4.69, 9.17) is 10.2 Å². The number of aliphatic hydroxyl groups excluding tert-OH is 2. The molecule has 19 heavy (non-hydrogen) atoms. The number of nitrogens with one attached hydrogen (secondary N) is 1. The minimum Gasteiger partial charge on any atom is -0.396 e. The number of aromatic nitrogens is 1. The van der Waals surface area contributed by atoms with Gasteiger partial charge in [0, 0.05) is 25.9 Å². The maximum atomic E-state index is 11.9. The second kappa shape index (κ2) is 6.49. The van der Waals surface area contributed by atoms with Crippen LogP contribution in [-0.4, -0.2) is 53.4 Å². The molecule has 1 saturated heterocycles. The monoisotopic (exact) mass is 265 g/mol. The molecule has 0 aliphatic carbocycles. The Morgan fingerprint density at radius 2 is 2.21 bits per heavy atom. The van der Waals surface area contributed by atoms with Gasteiger partial charge in [-0.15, -0.1) is 0 Å². The lowest BCUT2D eigenvalue weighted by molar-refractivity contribution is 0.0904. The fraction of sp³-hybridized carbons (Fsp3) is 0.538. The summed E-state index contributed by atoms with van der Waals surface area (Å²) >= 11 is 0. The average molecular weight is 265 g/mol. The number of anilines is 1. The highest BCUT2D eigenvalue weighted by Crippen LogP contribution is 2.17. The molecule has 0 spiro atoms. The van der Waals surface area contributed by atoms with Crippen molar-refractivity contribution in [1.29, 1.82) is 0 Å². The number of amides is 1. The van der Waals surface area contributed by atoms with Crippen LogP contribution in [0.3, 0.4) is 0 Å². The Balaban J connectivity index is 1.94. The number of nitrogens with zero attached hydrogens (tertiary/aromatic N) is 2. The van der Waals surface area contributed by atoms with Crippen LogP contribution in [0.15, 0.2) is 18.3 Å². The molecule has 2 rings (SSSR count). The Hall–Kier alpha value is -1.66. The number of hydrogen-bond acceptors (Lipinski definition) is 5. The summed E-state index contributed by atoms with van der Waals surface area (Å²) in [5, 5.41) is 20.5. The van der Waals surface area contributed by atoms with Crippen LogP contribution in [0.5, 0.6) is 0 Å². The summed E-state index contributed by atoms with van der Waals surface area (Å²) in [6.07, 6.45) is 3.06. The van der Waals surface area contributed by atoms with Crippen molar-refractivity contribution in [3.8, 4) is 0 Å². The van der Waals surface area contributed by atoms with Gasteiger partial charge in [0.05, 0.1) is 18.2 Å². The maximum Gasteiger partial charge on any atom is 0.253 e. The molecule has 1 aromatic heterocycles. The molecule has 3 N–H and O–H groups in total. The van der Waals surface area contributed by atoms with Crippen LogP contribution in [-0.2, 0) is 0 Å². The van der Waals surface area contributed by atoms with Gasteiger partial charge in [-0.3, -0.25) is 4.79 Å². The van der Waals surface area contributed by atoms with Crippen LogP contribution in [0.4, 0.5) is 5.82 Å². The Labute approximate surface area is 112 Å². The minimum absolute atomic E-state index is 0.0718. The molecule has 0 aromatic carbocycles. The van der Waals surface area contributed by atoms with E-state index in [0.29, 0.717) is 12.0 Å². The Bertz CT molecular complexity index is 418. The predicted molar refractivity (Wildman–Crippen MR) is 71.1 cm³/mol. The van der Waals surface area contributed by atoms with Gasteiger partial charge in [-0.25, -0.2) is 4.98 Å². The maximum absolute atomic E-state index is 11.9. The molecule has 1 aliphatic heterocycles. The van der Waals surface area contributed by atoms with Gasteiger partial charge in [0.15, 0.2) is 0 Å². The number of hydrogen-bond donors (Lipinski definition) is 3. The molecule has 1 fully saturated rings. The zero-order chi connectivity index (χ0) is 13.7. The second-order valence-corrected chi connectivity index (χ2v) is 4.61. The first-order valence-corrected chi connectivity index (χ1v) is 6.48. The molecule has 1 aromatic rings. The van der Waals surface area contributed by atoms with Crippen LogP contribution in [0.1, 0.15) is 23.2 Å². The van der Waals surface area contributed by atoms with Crippen molar-refractivity contribution in [2.24, 2.45) is 0 Å². The molecule has 0 unspecified atom stereocenters. The molecule has 1 atom stereocenters. The van der Waals surface area contributed by atoms with Gasteiger partial charge in [0.2, 0.25) is 0 Å². The molecule has 0 bridgehead atoms. The van der Waals surface area contributed by atoms with E-state index in [9.17, 15) is 4.79 Å². The smallest absolute Gasteiger partial charge is 0.253 e. The highest BCUT2D eigenvalue weighted by Gasteiger charge is 2.17. The van der Waals surface area contributed by atoms with Gasteiger partial charge < -0.3 is 20.4 Å². The van der Waals surface area contributed by atoms with Crippen molar-refractivity contribution in [2.75, 3.05) is 31.2 Å². The van der Waals surface area contributed by atoms with E-state index >= 15 is 0 Å². The SMILES string of the molecule is O=C(N[C@H](CO)CCO)c1ccc(N2CCC2)nc1. The quantitative estimate of drug-likeness (QED) is 0.661. The highest BCUT2D eigenvalue weighted by molar-refractivity contribution is 5.94. The van der Waals surface area contributed by atoms with Crippen LogP contribution >= 0.6 is 0 Å². The summed E-state index contributed by atoms with van der Waals surface area (Å²) in [5.41, 5.74) is 0.459. The average Bonchev–Trinajstić information content (AvgIpc) is 2.37. The van der Waals surface area contributed by atoms with E-state index < -0.39 is 6.04 Å². The van der Waals surface area contributed by atoms with E-state index in [1.165, 1.54) is 12.6 Å². The Morgan fingerprint density at radius 1 is 1.42 bits per heavy atom. The number of pyridine rings is 1. The minimum atomic E-state index is -0.424. The largest absolute Gasteiger partial charge is 0.396 e. The van der Waals surface area contributed by atoms with Crippen LogP contribution in [0, 0.1) is 0 Å². The third kappa shape index (κ3) is 3.42. The fourth-order valence-corrected chi connectivity index (χ4v) is 1.89. The third-order valence-electron chi connectivity index (χ3n) is 3.22. The van der Waals surface area contributed by atoms with Crippen molar-refractivity contribution in [3.63, 3.8) is 0 Å². The highest BCUT2D eigenvalue weighted by atomic mass is 16.3. The first-order valence-electron chi connectivity index (χ1n) is 6.48. The first-order chi connectivity index (χ1) is 9.24. The lowest BCUT2D eigenvalue weighted by atomic mass is 10.2. The van der Waals surface area contributed by atoms with E-state index in [-0.39, 0.29) is 19.1 Å². The molecule has 6 heteroatoms. The van der Waals surface area contributed by atoms with E-state index in [2.05, 4.69) is 15.2 Å².